The minimum Gasteiger partial charge on any atom is -0.469 e. The van der Waals surface area contributed by atoms with E-state index in [1.54, 1.807) is 0 Å². The Hall–Kier alpha value is -2.26. The Bertz CT molecular complexity index is 1210. The lowest BCUT2D eigenvalue weighted by Crippen LogP contribution is -2.50. The quantitative estimate of drug-likeness (QED) is 0.428. The molecule has 1 heterocycles. The van der Waals surface area contributed by atoms with Crippen molar-refractivity contribution in [3.05, 3.63) is 58.1 Å². The van der Waals surface area contributed by atoms with Gasteiger partial charge in [0, 0.05) is 32.8 Å². The van der Waals surface area contributed by atoms with Crippen molar-refractivity contribution in [2.75, 3.05) is 7.11 Å². The van der Waals surface area contributed by atoms with Crippen LogP contribution >= 0.6 is 11.6 Å². The summed E-state index contributed by atoms with van der Waals surface area (Å²) in [5, 5.41) is 1.84. The molecular weight excluding hydrogens is 406 g/mol. The van der Waals surface area contributed by atoms with Crippen LogP contribution < -0.4 is 0 Å². The highest BCUT2D eigenvalue weighted by Gasteiger charge is 2.58. The SMILES string of the molecule is COC(=O)[C@]1(C)CCC[C@]2(C)c3ccc(C(C)C)cc3-c3[nH]c4ccc(Cl)cc4c3[C@@H]12. The Morgan fingerprint density at radius 3 is 2.65 bits per heavy atom. The second kappa shape index (κ2) is 6.87. The summed E-state index contributed by atoms with van der Waals surface area (Å²) in [5.41, 5.74) is 6.60. The summed E-state index contributed by atoms with van der Waals surface area (Å²) in [5.74, 6) is 0.346. The van der Waals surface area contributed by atoms with E-state index in [0.717, 1.165) is 35.9 Å². The van der Waals surface area contributed by atoms with Crippen LogP contribution in [0.3, 0.4) is 0 Å². The van der Waals surface area contributed by atoms with Crippen molar-refractivity contribution >= 4 is 28.5 Å². The molecule has 1 saturated carbocycles. The van der Waals surface area contributed by atoms with Crippen LogP contribution in [0, 0.1) is 5.41 Å². The Kier molecular flexibility index (Phi) is 4.57. The second-order valence-corrected chi connectivity index (χ2v) is 10.6. The molecule has 1 N–H and O–H groups in total. The monoisotopic (exact) mass is 435 g/mol. The number of rotatable bonds is 2. The van der Waals surface area contributed by atoms with Gasteiger partial charge in [0.1, 0.15) is 0 Å². The van der Waals surface area contributed by atoms with E-state index in [1.165, 1.54) is 29.4 Å². The van der Waals surface area contributed by atoms with Gasteiger partial charge in [-0.2, -0.15) is 0 Å². The van der Waals surface area contributed by atoms with Crippen LogP contribution in [0.2, 0.25) is 5.02 Å². The van der Waals surface area contributed by atoms with E-state index in [2.05, 4.69) is 63.0 Å². The standard InChI is InChI=1S/C27H30ClNO2/c1-15(2)16-7-9-20-18(13-16)23-22(19-14-17(28)8-10-21(19)29-23)24-26(20,3)11-6-12-27(24,4)25(30)31-5/h7-10,13-15,24,29H,6,11-12H2,1-5H3/t24-,26-,27-/m1/s1. The number of aromatic amines is 1. The molecule has 0 amide bonds. The molecule has 2 aromatic carbocycles. The fourth-order valence-electron chi connectivity index (χ4n) is 6.52. The fourth-order valence-corrected chi connectivity index (χ4v) is 6.69. The van der Waals surface area contributed by atoms with Gasteiger partial charge in [0.15, 0.2) is 0 Å². The van der Waals surface area contributed by atoms with Gasteiger partial charge in [0.25, 0.3) is 0 Å². The number of carbonyl (C=O) groups is 1. The first-order chi connectivity index (χ1) is 14.7. The van der Waals surface area contributed by atoms with Crippen LogP contribution in [0.25, 0.3) is 22.2 Å². The van der Waals surface area contributed by atoms with Crippen LogP contribution in [-0.4, -0.2) is 18.1 Å². The van der Waals surface area contributed by atoms with E-state index in [4.69, 9.17) is 16.3 Å². The van der Waals surface area contributed by atoms with Crippen molar-refractivity contribution in [1.82, 2.24) is 4.98 Å². The zero-order valence-electron chi connectivity index (χ0n) is 18.9. The van der Waals surface area contributed by atoms with E-state index in [1.807, 2.05) is 6.07 Å². The normalized spacial score (nSPS) is 27.0. The second-order valence-electron chi connectivity index (χ2n) is 10.2. The summed E-state index contributed by atoms with van der Waals surface area (Å²) >= 11 is 6.45. The molecule has 2 aliphatic carbocycles. The molecule has 162 valence electrons. The van der Waals surface area contributed by atoms with Crippen molar-refractivity contribution < 1.29 is 9.53 Å². The van der Waals surface area contributed by atoms with E-state index < -0.39 is 5.41 Å². The van der Waals surface area contributed by atoms with Crippen molar-refractivity contribution in [3.8, 4) is 11.3 Å². The average molecular weight is 436 g/mol. The maximum Gasteiger partial charge on any atom is 0.312 e. The van der Waals surface area contributed by atoms with Crippen molar-refractivity contribution in [2.45, 2.75) is 64.2 Å². The smallest absolute Gasteiger partial charge is 0.312 e. The number of ether oxygens (including phenoxy) is 1. The topological polar surface area (TPSA) is 42.1 Å². The number of fused-ring (bicyclic) bond motifs is 8. The number of aromatic nitrogens is 1. The zero-order chi connectivity index (χ0) is 22.1. The molecule has 1 fully saturated rings. The third-order valence-electron chi connectivity index (χ3n) is 8.00. The molecular formula is C27H30ClNO2. The molecule has 5 rings (SSSR count). The number of carbonyl (C=O) groups excluding carboxylic acids is 1. The van der Waals surface area contributed by atoms with Gasteiger partial charge in [0.2, 0.25) is 0 Å². The van der Waals surface area contributed by atoms with Gasteiger partial charge in [0.05, 0.1) is 18.2 Å². The van der Waals surface area contributed by atoms with Gasteiger partial charge in [-0.1, -0.05) is 50.9 Å². The fraction of sp³-hybridized carbons (Fsp3) is 0.444. The summed E-state index contributed by atoms with van der Waals surface area (Å²) in [6.45, 7) is 8.91. The highest BCUT2D eigenvalue weighted by atomic mass is 35.5. The molecule has 3 nitrogen and oxygen atoms in total. The van der Waals surface area contributed by atoms with Gasteiger partial charge in [-0.05, 0) is 66.6 Å². The molecule has 2 aliphatic rings. The van der Waals surface area contributed by atoms with Gasteiger partial charge in [-0.15, -0.1) is 0 Å². The van der Waals surface area contributed by atoms with Crippen LogP contribution in [-0.2, 0) is 14.9 Å². The molecule has 0 saturated heterocycles. The Morgan fingerprint density at radius 1 is 1.16 bits per heavy atom. The summed E-state index contributed by atoms with van der Waals surface area (Å²) in [4.78, 5) is 16.9. The molecule has 1 aromatic heterocycles. The molecule has 0 aliphatic heterocycles. The van der Waals surface area contributed by atoms with Gasteiger partial charge in [-0.25, -0.2) is 0 Å². The third kappa shape index (κ3) is 2.75. The predicted octanol–water partition coefficient (Wildman–Crippen LogP) is 7.33. The highest BCUT2D eigenvalue weighted by molar-refractivity contribution is 6.31. The summed E-state index contributed by atoms with van der Waals surface area (Å²) in [6.07, 6.45) is 2.87. The molecule has 4 heteroatoms. The minimum absolute atomic E-state index is 0.0146. The Morgan fingerprint density at radius 2 is 1.94 bits per heavy atom. The molecule has 3 aromatic rings. The number of halogens is 1. The number of H-pyrrole nitrogens is 1. The molecule has 0 bridgehead atoms. The molecule has 0 radical (unpaired) electrons. The van der Waals surface area contributed by atoms with Crippen LogP contribution in [0.15, 0.2) is 36.4 Å². The van der Waals surface area contributed by atoms with E-state index >= 15 is 0 Å². The number of nitrogens with one attached hydrogen (secondary N) is 1. The van der Waals surface area contributed by atoms with Gasteiger partial charge in [-0.3, -0.25) is 4.79 Å². The van der Waals surface area contributed by atoms with Crippen LogP contribution in [0.5, 0.6) is 0 Å². The number of benzene rings is 2. The lowest BCUT2D eigenvalue weighted by molar-refractivity contribution is -0.157. The summed E-state index contributed by atoms with van der Waals surface area (Å²) < 4.78 is 5.38. The van der Waals surface area contributed by atoms with Crippen molar-refractivity contribution in [1.29, 1.82) is 0 Å². The van der Waals surface area contributed by atoms with Crippen LogP contribution in [0.1, 0.15) is 75.5 Å². The summed E-state index contributed by atoms with van der Waals surface area (Å²) in [6, 6.07) is 13.0. The molecule has 31 heavy (non-hydrogen) atoms. The van der Waals surface area contributed by atoms with Gasteiger partial charge >= 0.3 is 5.97 Å². The highest BCUT2D eigenvalue weighted by Crippen LogP contribution is 2.64. The molecule has 3 atom stereocenters. The van der Waals surface area contributed by atoms with Crippen LogP contribution in [0.4, 0.5) is 0 Å². The predicted molar refractivity (Wildman–Crippen MR) is 127 cm³/mol. The first kappa shape index (κ1) is 20.6. The van der Waals surface area contributed by atoms with E-state index in [-0.39, 0.29) is 17.3 Å². The first-order valence-corrected chi connectivity index (χ1v) is 11.6. The lowest BCUT2D eigenvalue weighted by Gasteiger charge is -2.54. The average Bonchev–Trinajstić information content (AvgIpc) is 3.11. The van der Waals surface area contributed by atoms with E-state index in [9.17, 15) is 4.79 Å². The van der Waals surface area contributed by atoms with E-state index in [0.29, 0.717) is 10.9 Å². The maximum atomic E-state index is 13.2. The number of esters is 1. The lowest BCUT2D eigenvalue weighted by atomic mass is 9.49. The van der Waals surface area contributed by atoms with Gasteiger partial charge < -0.3 is 9.72 Å². The molecule has 0 spiro atoms. The van der Waals surface area contributed by atoms with Crippen molar-refractivity contribution in [3.63, 3.8) is 0 Å². The first-order valence-electron chi connectivity index (χ1n) is 11.2. The maximum absolute atomic E-state index is 13.2. The summed E-state index contributed by atoms with van der Waals surface area (Å²) in [7, 11) is 1.51. The Labute approximate surface area is 189 Å². The zero-order valence-corrected chi connectivity index (χ0v) is 19.7. The number of hydrogen-bond donors (Lipinski definition) is 1. The number of hydrogen-bond acceptors (Lipinski definition) is 2. The third-order valence-corrected chi connectivity index (χ3v) is 8.24. The largest absolute Gasteiger partial charge is 0.469 e. The minimum atomic E-state index is -0.595. The van der Waals surface area contributed by atoms with Crippen molar-refractivity contribution in [2.24, 2.45) is 5.41 Å². The number of methoxy groups -OCH3 is 1. The molecule has 0 unspecified atom stereocenters. The Balaban J connectivity index is 1.90.